The molecule has 9 heteroatoms. The third kappa shape index (κ3) is 4.70. The highest BCUT2D eigenvalue weighted by Gasteiger charge is 2.21. The second-order valence-corrected chi connectivity index (χ2v) is 6.54. The predicted octanol–water partition coefficient (Wildman–Crippen LogP) is 2.44. The van der Waals surface area contributed by atoms with Crippen LogP contribution in [0, 0.1) is 11.3 Å². The molecule has 0 spiro atoms. The summed E-state index contributed by atoms with van der Waals surface area (Å²) in [4.78, 5) is 38.8. The fourth-order valence-electron chi connectivity index (χ4n) is 3.16. The van der Waals surface area contributed by atoms with Crippen molar-refractivity contribution in [2.45, 2.75) is 19.9 Å². The number of fused-ring (bicyclic) bond motifs is 1. The summed E-state index contributed by atoms with van der Waals surface area (Å²) in [5.41, 5.74) is -0.357. The van der Waals surface area contributed by atoms with Crippen molar-refractivity contribution in [1.29, 1.82) is 5.26 Å². The van der Waals surface area contributed by atoms with E-state index in [1.165, 1.54) is 17.0 Å². The molecule has 3 rings (SSSR count). The van der Waals surface area contributed by atoms with Crippen LogP contribution < -0.4 is 15.2 Å². The van der Waals surface area contributed by atoms with Gasteiger partial charge in [0.15, 0.2) is 5.69 Å². The molecule has 0 aliphatic heterocycles. The summed E-state index contributed by atoms with van der Waals surface area (Å²) in [6, 6.07) is 15.0. The Labute approximate surface area is 177 Å². The van der Waals surface area contributed by atoms with Gasteiger partial charge in [0, 0.05) is 17.6 Å². The molecule has 0 atom stereocenters. The lowest BCUT2D eigenvalue weighted by Gasteiger charge is -2.22. The monoisotopic (exact) mass is 420 g/mol. The van der Waals surface area contributed by atoms with Crippen LogP contribution in [-0.2, 0) is 11.3 Å². The standard InChI is InChI=1S/C22H20N4O5/c1-2-31-16-10-8-15(9-11-16)25(13-5-12-23)19(27)14-26-21(28)18-7-4-3-6-17(18)20(24-26)22(29)30/h3-4,6-11H,2,5,13-14H2,1H3,(H,29,30). The molecule has 0 saturated carbocycles. The summed E-state index contributed by atoms with van der Waals surface area (Å²) in [6.07, 6.45) is 0.0827. The molecule has 0 fully saturated rings. The minimum absolute atomic E-state index is 0.0827. The predicted molar refractivity (Wildman–Crippen MR) is 113 cm³/mol. The number of nitrogens with zero attached hydrogens (tertiary/aromatic N) is 4. The van der Waals surface area contributed by atoms with Crippen LogP contribution in [0.3, 0.4) is 0 Å². The van der Waals surface area contributed by atoms with Crippen molar-refractivity contribution in [2.24, 2.45) is 0 Å². The lowest BCUT2D eigenvalue weighted by Crippen LogP contribution is -2.38. The topological polar surface area (TPSA) is 126 Å². The molecule has 1 heterocycles. The van der Waals surface area contributed by atoms with Gasteiger partial charge in [-0.05, 0) is 37.3 Å². The van der Waals surface area contributed by atoms with Crippen molar-refractivity contribution in [2.75, 3.05) is 18.1 Å². The van der Waals surface area contributed by atoms with Crippen LogP contribution in [0.4, 0.5) is 5.69 Å². The Hall–Kier alpha value is -4.19. The van der Waals surface area contributed by atoms with Crippen molar-refractivity contribution in [3.63, 3.8) is 0 Å². The molecule has 3 aromatic rings. The summed E-state index contributed by atoms with van der Waals surface area (Å²) in [5.74, 6) is -1.16. The number of amides is 1. The van der Waals surface area contributed by atoms with Crippen LogP contribution in [0.15, 0.2) is 53.3 Å². The molecule has 0 aliphatic rings. The van der Waals surface area contributed by atoms with Gasteiger partial charge < -0.3 is 14.7 Å². The van der Waals surface area contributed by atoms with E-state index in [2.05, 4.69) is 5.10 Å². The number of aromatic nitrogens is 2. The van der Waals surface area contributed by atoms with Crippen LogP contribution in [0.5, 0.6) is 5.75 Å². The van der Waals surface area contributed by atoms with Gasteiger partial charge in [0.05, 0.1) is 24.5 Å². The zero-order chi connectivity index (χ0) is 22.4. The number of rotatable bonds is 8. The summed E-state index contributed by atoms with van der Waals surface area (Å²) >= 11 is 0. The molecular weight excluding hydrogens is 400 g/mol. The van der Waals surface area contributed by atoms with Crippen LogP contribution in [0.25, 0.3) is 10.8 Å². The Kier molecular flexibility index (Phi) is 6.62. The van der Waals surface area contributed by atoms with E-state index >= 15 is 0 Å². The quantitative estimate of drug-likeness (QED) is 0.593. The molecule has 0 aliphatic carbocycles. The Morgan fingerprint density at radius 2 is 1.84 bits per heavy atom. The highest BCUT2D eigenvalue weighted by molar-refractivity contribution is 6.01. The minimum Gasteiger partial charge on any atom is -0.494 e. The average Bonchev–Trinajstić information content (AvgIpc) is 2.77. The fraction of sp³-hybridized carbons (Fsp3) is 0.227. The maximum atomic E-state index is 13.0. The normalized spacial score (nSPS) is 10.5. The summed E-state index contributed by atoms with van der Waals surface area (Å²) < 4.78 is 6.25. The first-order chi connectivity index (χ1) is 15.0. The number of hydrogen-bond acceptors (Lipinski definition) is 6. The molecule has 1 amide bonds. The summed E-state index contributed by atoms with van der Waals surface area (Å²) in [5, 5.41) is 22.7. The van der Waals surface area contributed by atoms with Gasteiger partial charge >= 0.3 is 5.97 Å². The molecule has 0 saturated heterocycles. The fourth-order valence-corrected chi connectivity index (χ4v) is 3.16. The van der Waals surface area contributed by atoms with Gasteiger partial charge in [-0.3, -0.25) is 9.59 Å². The molecule has 1 aromatic heterocycles. The maximum Gasteiger partial charge on any atom is 0.357 e. The van der Waals surface area contributed by atoms with Crippen LogP contribution in [0.1, 0.15) is 23.8 Å². The molecule has 9 nitrogen and oxygen atoms in total. The van der Waals surface area contributed by atoms with Gasteiger partial charge in [0.1, 0.15) is 12.3 Å². The zero-order valence-electron chi connectivity index (χ0n) is 16.8. The second-order valence-electron chi connectivity index (χ2n) is 6.54. The van der Waals surface area contributed by atoms with Crippen molar-refractivity contribution < 1.29 is 19.4 Å². The number of carbonyl (C=O) groups excluding carboxylic acids is 1. The van der Waals surface area contributed by atoms with Gasteiger partial charge in [0.2, 0.25) is 5.91 Å². The van der Waals surface area contributed by atoms with Crippen LogP contribution in [0.2, 0.25) is 0 Å². The first-order valence-electron chi connectivity index (χ1n) is 9.59. The third-order valence-electron chi connectivity index (χ3n) is 4.56. The van der Waals surface area contributed by atoms with Crippen LogP contribution >= 0.6 is 0 Å². The van der Waals surface area contributed by atoms with E-state index in [0.29, 0.717) is 18.0 Å². The Bertz CT molecular complexity index is 1210. The van der Waals surface area contributed by atoms with Crippen molar-refractivity contribution in [3.8, 4) is 11.8 Å². The largest absolute Gasteiger partial charge is 0.494 e. The van der Waals surface area contributed by atoms with Gasteiger partial charge in [-0.1, -0.05) is 18.2 Å². The third-order valence-corrected chi connectivity index (χ3v) is 4.56. The number of carboxylic acids is 1. The molecule has 0 radical (unpaired) electrons. The molecule has 1 N–H and O–H groups in total. The van der Waals surface area contributed by atoms with Gasteiger partial charge in [-0.15, -0.1) is 0 Å². The minimum atomic E-state index is -1.30. The summed E-state index contributed by atoms with van der Waals surface area (Å²) in [7, 11) is 0. The van der Waals surface area contributed by atoms with E-state index in [-0.39, 0.29) is 29.4 Å². The van der Waals surface area contributed by atoms with E-state index in [1.807, 2.05) is 13.0 Å². The number of aromatic carboxylic acids is 1. The molecule has 158 valence electrons. The second kappa shape index (κ2) is 9.54. The molecular formula is C22H20N4O5. The SMILES string of the molecule is CCOc1ccc(N(CCC#N)C(=O)Cn2nc(C(=O)O)c3ccccc3c2=O)cc1. The number of hydrogen-bond donors (Lipinski definition) is 1. The molecule has 0 unspecified atom stereocenters. The van der Waals surface area contributed by atoms with E-state index in [4.69, 9.17) is 10.00 Å². The lowest BCUT2D eigenvalue weighted by molar-refractivity contribution is -0.119. The summed E-state index contributed by atoms with van der Waals surface area (Å²) in [6.45, 7) is 2.00. The average molecular weight is 420 g/mol. The van der Waals surface area contributed by atoms with Crippen molar-refractivity contribution in [1.82, 2.24) is 9.78 Å². The zero-order valence-corrected chi connectivity index (χ0v) is 16.8. The van der Waals surface area contributed by atoms with E-state index in [0.717, 1.165) is 4.68 Å². The number of carbonyl (C=O) groups is 2. The highest BCUT2D eigenvalue weighted by atomic mass is 16.5. The number of carboxylic acid groups (broad SMARTS) is 1. The smallest absolute Gasteiger partial charge is 0.357 e. The number of ether oxygens (including phenoxy) is 1. The van der Waals surface area contributed by atoms with Crippen LogP contribution in [-0.4, -0.2) is 39.9 Å². The van der Waals surface area contributed by atoms with Crippen molar-refractivity contribution >= 4 is 28.3 Å². The van der Waals surface area contributed by atoms with Crippen molar-refractivity contribution in [3.05, 3.63) is 64.6 Å². The number of anilines is 1. The first kappa shape index (κ1) is 21.5. The van der Waals surface area contributed by atoms with Gasteiger partial charge in [0.25, 0.3) is 5.56 Å². The Morgan fingerprint density at radius 1 is 1.16 bits per heavy atom. The Balaban J connectivity index is 1.97. The van der Waals surface area contributed by atoms with E-state index in [9.17, 15) is 19.5 Å². The Morgan fingerprint density at radius 3 is 2.45 bits per heavy atom. The molecule has 2 aromatic carbocycles. The number of nitriles is 1. The first-order valence-corrected chi connectivity index (χ1v) is 9.59. The molecule has 31 heavy (non-hydrogen) atoms. The van der Waals surface area contributed by atoms with Gasteiger partial charge in [-0.2, -0.15) is 10.4 Å². The van der Waals surface area contributed by atoms with E-state index in [1.54, 1.807) is 36.4 Å². The molecule has 0 bridgehead atoms. The lowest BCUT2D eigenvalue weighted by atomic mass is 10.1. The highest BCUT2D eigenvalue weighted by Crippen LogP contribution is 2.20. The van der Waals surface area contributed by atoms with Gasteiger partial charge in [-0.25, -0.2) is 9.48 Å². The maximum absolute atomic E-state index is 13.0. The van der Waals surface area contributed by atoms with E-state index < -0.39 is 24.0 Å². The number of benzene rings is 2.